The van der Waals surface area contributed by atoms with Crippen molar-refractivity contribution in [3.05, 3.63) is 0 Å². The minimum absolute atomic E-state index is 0.0293. The fourth-order valence-electron chi connectivity index (χ4n) is 5.72. The average molecular weight is 424 g/mol. The average Bonchev–Trinajstić information content (AvgIpc) is 3.13. The maximum absolute atomic E-state index is 13.6. The molecule has 0 aromatic rings. The Hall–Kier alpha value is -1.67. The fraction of sp³-hybridized carbons (Fsp3) is 0.864. The third-order valence-corrected chi connectivity index (χ3v) is 6.95. The number of rotatable bonds is 7. The minimum Gasteiger partial charge on any atom is -0.396 e. The first-order chi connectivity index (χ1) is 13.9. The summed E-state index contributed by atoms with van der Waals surface area (Å²) in [5.74, 6) is -1.95. The number of hydrogen-bond donors (Lipinski definition) is 3. The molecule has 170 valence electrons. The number of nitrogens with one attached hydrogen (secondary N) is 2. The normalized spacial score (nSPS) is 37.4. The first-order valence-corrected chi connectivity index (χ1v) is 11.1. The lowest BCUT2D eigenvalue weighted by molar-refractivity contribution is -0.148. The van der Waals surface area contributed by atoms with E-state index in [0.29, 0.717) is 19.4 Å². The van der Waals surface area contributed by atoms with E-state index in [1.165, 1.54) is 0 Å². The summed E-state index contributed by atoms with van der Waals surface area (Å²) in [6, 6.07) is -0.811. The predicted molar refractivity (Wildman–Crippen MR) is 111 cm³/mol. The number of carbonyl (C=O) groups excluding carboxylic acids is 3. The van der Waals surface area contributed by atoms with Gasteiger partial charge in [-0.05, 0) is 52.9 Å². The monoisotopic (exact) mass is 423 g/mol. The van der Waals surface area contributed by atoms with Crippen LogP contribution in [0.4, 0.5) is 0 Å². The van der Waals surface area contributed by atoms with Crippen LogP contribution in [0.15, 0.2) is 0 Å². The van der Waals surface area contributed by atoms with Crippen molar-refractivity contribution in [1.29, 1.82) is 0 Å². The van der Waals surface area contributed by atoms with E-state index < -0.39 is 34.6 Å². The number of nitrogens with zero attached hydrogens (tertiary/aromatic N) is 1. The lowest BCUT2D eigenvalue weighted by atomic mass is 9.62. The van der Waals surface area contributed by atoms with Crippen molar-refractivity contribution in [2.45, 2.75) is 83.6 Å². The van der Waals surface area contributed by atoms with Crippen molar-refractivity contribution in [3.8, 4) is 0 Å². The Labute approximate surface area is 179 Å². The second kappa shape index (κ2) is 7.79. The summed E-state index contributed by atoms with van der Waals surface area (Å²) in [5.41, 5.74) is -2.28. The molecule has 3 saturated heterocycles. The van der Waals surface area contributed by atoms with Crippen molar-refractivity contribution in [3.63, 3.8) is 0 Å². The highest BCUT2D eigenvalue weighted by Gasteiger charge is 2.79. The molecule has 8 heteroatoms. The topological polar surface area (TPSA) is 108 Å². The van der Waals surface area contributed by atoms with Crippen LogP contribution in [0.25, 0.3) is 0 Å². The number of likely N-dealkylation sites (tertiary alicyclic amines) is 1. The molecular formula is C22H37N3O5. The Balaban J connectivity index is 2.04. The minimum atomic E-state index is -1.02. The Morgan fingerprint density at radius 2 is 1.97 bits per heavy atom. The van der Waals surface area contributed by atoms with Crippen molar-refractivity contribution < 1.29 is 24.2 Å². The zero-order valence-corrected chi connectivity index (χ0v) is 19.1. The van der Waals surface area contributed by atoms with Crippen molar-refractivity contribution in [1.82, 2.24) is 15.5 Å². The molecule has 3 aliphatic heterocycles. The van der Waals surface area contributed by atoms with Crippen molar-refractivity contribution in [2.24, 2.45) is 17.8 Å². The highest BCUT2D eigenvalue weighted by molar-refractivity contribution is 5.99. The Kier molecular flexibility index (Phi) is 5.97. The number of aliphatic hydroxyl groups is 1. The van der Waals surface area contributed by atoms with E-state index in [9.17, 15) is 19.5 Å². The van der Waals surface area contributed by atoms with Crippen molar-refractivity contribution >= 4 is 17.7 Å². The maximum atomic E-state index is 13.6. The fourth-order valence-corrected chi connectivity index (χ4v) is 5.72. The third kappa shape index (κ3) is 3.42. The van der Waals surface area contributed by atoms with Gasteiger partial charge in [-0.2, -0.15) is 0 Å². The molecule has 3 rings (SSSR count). The summed E-state index contributed by atoms with van der Waals surface area (Å²) in [6.07, 6.45) is 1.72. The molecule has 8 nitrogen and oxygen atoms in total. The molecule has 0 aliphatic carbocycles. The van der Waals surface area contributed by atoms with Gasteiger partial charge >= 0.3 is 0 Å². The van der Waals surface area contributed by atoms with Gasteiger partial charge in [-0.3, -0.25) is 14.4 Å². The van der Waals surface area contributed by atoms with Crippen LogP contribution in [0.5, 0.6) is 0 Å². The Bertz CT molecular complexity index is 720. The molecule has 0 aromatic carbocycles. The molecule has 3 aliphatic rings. The van der Waals surface area contributed by atoms with Crippen LogP contribution in [-0.2, 0) is 19.1 Å². The molecule has 0 aromatic heterocycles. The zero-order chi connectivity index (χ0) is 22.5. The summed E-state index contributed by atoms with van der Waals surface area (Å²) in [6.45, 7) is 12.3. The lowest BCUT2D eigenvalue weighted by Crippen LogP contribution is -2.58. The van der Waals surface area contributed by atoms with Crippen LogP contribution < -0.4 is 10.6 Å². The standard InChI is InChI=1S/C22H37N3O5/c1-7-9-23-17(27)14-15-19(29)25(10-8-11-26)16(18(28)24-20(3,4)5)22(15)12-13(2)21(14,6)30-22/h13-16,26H,7-12H2,1-6H3,(H,23,27)(H,24,28)/t13?,14-,15-,16?,21+,22?/m0/s1. The molecule has 1 spiro atoms. The number of amides is 3. The van der Waals surface area contributed by atoms with Gasteiger partial charge in [0.1, 0.15) is 11.6 Å². The van der Waals surface area contributed by atoms with Gasteiger partial charge in [-0.1, -0.05) is 13.8 Å². The van der Waals surface area contributed by atoms with Gasteiger partial charge < -0.3 is 25.4 Å². The number of aliphatic hydroxyl groups excluding tert-OH is 1. The largest absolute Gasteiger partial charge is 0.396 e. The number of hydrogen-bond acceptors (Lipinski definition) is 5. The second-order valence-electron chi connectivity index (χ2n) is 10.3. The molecular weight excluding hydrogens is 386 g/mol. The van der Waals surface area contributed by atoms with E-state index in [2.05, 4.69) is 10.6 Å². The van der Waals surface area contributed by atoms with Gasteiger partial charge in [0.05, 0.1) is 17.4 Å². The second-order valence-corrected chi connectivity index (χ2v) is 10.3. The molecule has 6 atom stereocenters. The smallest absolute Gasteiger partial charge is 0.246 e. The van der Waals surface area contributed by atoms with Crippen LogP contribution in [0.2, 0.25) is 0 Å². The summed E-state index contributed by atoms with van der Waals surface area (Å²) in [7, 11) is 0. The summed E-state index contributed by atoms with van der Waals surface area (Å²) in [4.78, 5) is 41.7. The van der Waals surface area contributed by atoms with E-state index in [1.807, 2.05) is 41.5 Å². The van der Waals surface area contributed by atoms with Gasteiger partial charge in [-0.15, -0.1) is 0 Å². The molecule has 30 heavy (non-hydrogen) atoms. The third-order valence-electron chi connectivity index (χ3n) is 6.95. The van der Waals surface area contributed by atoms with E-state index in [-0.39, 0.29) is 36.8 Å². The molecule has 3 heterocycles. The molecule has 2 bridgehead atoms. The van der Waals surface area contributed by atoms with Crippen LogP contribution in [0.3, 0.4) is 0 Å². The molecule has 0 saturated carbocycles. The van der Waals surface area contributed by atoms with Gasteiger partial charge in [0.2, 0.25) is 17.7 Å². The van der Waals surface area contributed by atoms with E-state index in [0.717, 1.165) is 6.42 Å². The van der Waals surface area contributed by atoms with E-state index >= 15 is 0 Å². The first kappa shape index (κ1) is 23.0. The van der Waals surface area contributed by atoms with E-state index in [1.54, 1.807) is 4.90 Å². The molecule has 3 amide bonds. The Morgan fingerprint density at radius 3 is 2.53 bits per heavy atom. The highest BCUT2D eigenvalue weighted by Crippen LogP contribution is 2.65. The van der Waals surface area contributed by atoms with Gasteiger partial charge in [0, 0.05) is 25.2 Å². The SMILES string of the molecule is CCCNC(=O)[C@@H]1[C@H]2C(=O)N(CCCO)C(C(=O)NC(C)(C)C)C23CC(C)[C@@]1(C)O3. The van der Waals surface area contributed by atoms with Gasteiger partial charge in [-0.25, -0.2) is 0 Å². The van der Waals surface area contributed by atoms with Crippen molar-refractivity contribution in [2.75, 3.05) is 19.7 Å². The van der Waals surface area contributed by atoms with Gasteiger partial charge in [0.15, 0.2) is 0 Å². The highest BCUT2D eigenvalue weighted by atomic mass is 16.5. The van der Waals surface area contributed by atoms with E-state index in [4.69, 9.17) is 4.74 Å². The summed E-state index contributed by atoms with van der Waals surface area (Å²) >= 11 is 0. The number of carbonyl (C=O) groups is 3. The first-order valence-electron chi connectivity index (χ1n) is 11.1. The van der Waals surface area contributed by atoms with Crippen LogP contribution in [0.1, 0.15) is 60.8 Å². The summed E-state index contributed by atoms with van der Waals surface area (Å²) < 4.78 is 6.58. The Morgan fingerprint density at radius 1 is 1.30 bits per heavy atom. The summed E-state index contributed by atoms with van der Waals surface area (Å²) in [5, 5.41) is 15.3. The number of fused-ring (bicyclic) bond motifs is 1. The van der Waals surface area contributed by atoms with Crippen LogP contribution >= 0.6 is 0 Å². The molecule has 3 N–H and O–H groups in total. The van der Waals surface area contributed by atoms with Crippen LogP contribution in [-0.4, -0.2) is 70.2 Å². The lowest BCUT2D eigenvalue weighted by Gasteiger charge is -2.36. The predicted octanol–water partition coefficient (Wildman–Crippen LogP) is 0.820. The molecule has 3 fully saturated rings. The maximum Gasteiger partial charge on any atom is 0.246 e. The zero-order valence-electron chi connectivity index (χ0n) is 19.1. The van der Waals surface area contributed by atoms with Gasteiger partial charge in [0.25, 0.3) is 0 Å². The quantitative estimate of drug-likeness (QED) is 0.562. The molecule has 3 unspecified atom stereocenters. The number of ether oxygens (including phenoxy) is 1. The molecule has 0 radical (unpaired) electrons. The van der Waals surface area contributed by atoms with Crippen LogP contribution in [0, 0.1) is 17.8 Å².